The Hall–Kier alpha value is -2.38. The molecule has 1 atom stereocenters. The second kappa shape index (κ2) is 8.16. The van der Waals surface area contributed by atoms with Gasteiger partial charge in [0.25, 0.3) is 5.91 Å². The van der Waals surface area contributed by atoms with E-state index in [2.05, 4.69) is 79.9 Å². The zero-order valence-corrected chi connectivity index (χ0v) is 19.1. The minimum absolute atomic E-state index is 0.0749. The van der Waals surface area contributed by atoms with Gasteiger partial charge >= 0.3 is 0 Å². The monoisotopic (exact) mass is 412 g/mol. The van der Waals surface area contributed by atoms with Crippen LogP contribution in [0.1, 0.15) is 43.7 Å². The van der Waals surface area contributed by atoms with Gasteiger partial charge < -0.3 is 19.3 Å². The second-order valence-corrected chi connectivity index (χ2v) is 14.0. The number of hydrogen-bond donors (Lipinski definition) is 1. The molecule has 156 valence electrons. The molecule has 3 rings (SSSR count). The van der Waals surface area contributed by atoms with Crippen LogP contribution in [-0.2, 0) is 11.0 Å². The molecule has 0 bridgehead atoms. The lowest BCUT2D eigenvalue weighted by atomic mass is 10.2. The largest absolute Gasteiger partial charge is 0.415 e. The Morgan fingerprint density at radius 3 is 2.62 bits per heavy atom. The van der Waals surface area contributed by atoms with Crippen molar-refractivity contribution in [1.82, 2.24) is 14.1 Å². The van der Waals surface area contributed by atoms with Crippen LogP contribution in [0.4, 0.5) is 0 Å². The van der Waals surface area contributed by atoms with Gasteiger partial charge in [-0.05, 0) is 42.1 Å². The molecule has 0 aliphatic carbocycles. The van der Waals surface area contributed by atoms with Crippen LogP contribution in [0.25, 0.3) is 10.9 Å². The lowest BCUT2D eigenvalue weighted by Gasteiger charge is -2.37. The Kier molecular flexibility index (Phi) is 6.00. The molecular weight excluding hydrogens is 380 g/mol. The summed E-state index contributed by atoms with van der Waals surface area (Å²) in [5.74, 6) is -0.510. The summed E-state index contributed by atoms with van der Waals surface area (Å²) < 4.78 is 10.7. The second-order valence-electron chi connectivity index (χ2n) is 9.15. The number of carbonyl (C=O) groups excluding carboxylic acids is 1. The van der Waals surface area contributed by atoms with Gasteiger partial charge in [-0.2, -0.15) is 0 Å². The molecule has 2 heterocycles. The summed E-state index contributed by atoms with van der Waals surface area (Å²) in [7, 11) is -1.89. The minimum Gasteiger partial charge on any atom is -0.415 e. The normalized spacial score (nSPS) is 13.7. The number of fused-ring (bicyclic) bond motifs is 1. The third kappa shape index (κ3) is 4.79. The van der Waals surface area contributed by atoms with E-state index in [0.717, 1.165) is 13.0 Å². The molecule has 2 aromatic heterocycles. The number of nitrogens with two attached hydrogens (primary N) is 1. The average molecular weight is 413 g/mol. The van der Waals surface area contributed by atoms with Gasteiger partial charge in [0, 0.05) is 24.5 Å². The molecule has 0 fully saturated rings. The highest BCUT2D eigenvalue weighted by molar-refractivity contribution is 6.74. The van der Waals surface area contributed by atoms with Gasteiger partial charge in [0.05, 0.1) is 19.0 Å². The van der Waals surface area contributed by atoms with Crippen molar-refractivity contribution >= 4 is 25.1 Å². The number of imidazole rings is 1. The highest BCUT2D eigenvalue weighted by Gasteiger charge is 2.37. The van der Waals surface area contributed by atoms with Crippen LogP contribution in [0, 0.1) is 0 Å². The van der Waals surface area contributed by atoms with Crippen LogP contribution in [0.15, 0.2) is 49.1 Å². The summed E-state index contributed by atoms with van der Waals surface area (Å²) in [5.41, 5.74) is 6.91. The first-order chi connectivity index (χ1) is 13.6. The lowest BCUT2D eigenvalue weighted by molar-refractivity contribution is 0.0995. The zero-order valence-electron chi connectivity index (χ0n) is 18.1. The molecule has 1 unspecified atom stereocenters. The molecule has 3 aromatic rings. The van der Waals surface area contributed by atoms with Gasteiger partial charge in [0.1, 0.15) is 5.69 Å². The molecule has 0 aliphatic heterocycles. The highest BCUT2D eigenvalue weighted by atomic mass is 28.4. The van der Waals surface area contributed by atoms with Gasteiger partial charge in [-0.25, -0.2) is 4.98 Å². The topological polar surface area (TPSA) is 75.1 Å². The van der Waals surface area contributed by atoms with Crippen molar-refractivity contribution in [3.8, 4) is 0 Å². The first-order valence-corrected chi connectivity index (χ1v) is 13.0. The first-order valence-electron chi connectivity index (χ1n) is 10.1. The van der Waals surface area contributed by atoms with Crippen LogP contribution >= 0.6 is 0 Å². The fourth-order valence-electron chi connectivity index (χ4n) is 3.13. The smallest absolute Gasteiger partial charge is 0.268 e. The molecule has 1 amide bonds. The molecule has 7 heteroatoms. The summed E-state index contributed by atoms with van der Waals surface area (Å²) in [4.78, 5) is 15.7. The Balaban J connectivity index is 1.79. The number of para-hydroxylation sites is 1. The Labute approximate surface area is 173 Å². The summed E-state index contributed by atoms with van der Waals surface area (Å²) >= 11 is 0. The van der Waals surface area contributed by atoms with Crippen LogP contribution in [0.2, 0.25) is 18.1 Å². The molecule has 0 radical (unpaired) electrons. The van der Waals surface area contributed by atoms with E-state index in [0.29, 0.717) is 6.61 Å². The zero-order chi connectivity index (χ0) is 21.2. The van der Waals surface area contributed by atoms with Gasteiger partial charge in [-0.15, -0.1) is 0 Å². The molecule has 1 aromatic carbocycles. The summed E-state index contributed by atoms with van der Waals surface area (Å²) in [6.45, 7) is 12.7. The van der Waals surface area contributed by atoms with Crippen LogP contribution in [0.3, 0.4) is 0 Å². The van der Waals surface area contributed by atoms with Crippen LogP contribution in [-0.4, -0.2) is 34.9 Å². The van der Waals surface area contributed by atoms with Gasteiger partial charge in [0.15, 0.2) is 8.32 Å². The standard InChI is InChI=1S/C22H32N4O2Si/c1-22(2,3)29(4,5)28-15-18(26-14-19(21(23)27)24-16-26)11-13-25-12-10-17-8-6-7-9-20(17)25/h6-10,12,14,16,18H,11,13,15H2,1-5H3,(H2,23,27). The van der Waals surface area contributed by atoms with Crippen molar-refractivity contribution in [2.45, 2.75) is 57.9 Å². The number of aromatic nitrogens is 3. The van der Waals surface area contributed by atoms with E-state index in [-0.39, 0.29) is 16.8 Å². The number of benzene rings is 1. The van der Waals surface area contributed by atoms with Gasteiger partial charge in [0.2, 0.25) is 0 Å². The predicted octanol–water partition coefficient (Wildman–Crippen LogP) is 4.59. The van der Waals surface area contributed by atoms with E-state index in [1.807, 2.05) is 4.57 Å². The van der Waals surface area contributed by atoms with Crippen molar-refractivity contribution in [2.75, 3.05) is 6.61 Å². The number of nitrogens with zero attached hydrogens (tertiary/aromatic N) is 3. The van der Waals surface area contributed by atoms with E-state index in [1.54, 1.807) is 12.5 Å². The molecule has 29 heavy (non-hydrogen) atoms. The average Bonchev–Trinajstić information content (AvgIpc) is 3.28. The Morgan fingerprint density at radius 1 is 1.24 bits per heavy atom. The van der Waals surface area contributed by atoms with Gasteiger partial charge in [-0.1, -0.05) is 39.0 Å². The maximum absolute atomic E-state index is 11.5. The number of hydrogen-bond acceptors (Lipinski definition) is 3. The maximum atomic E-state index is 11.5. The summed E-state index contributed by atoms with van der Waals surface area (Å²) in [6, 6.07) is 10.6. The molecular formula is C22H32N4O2Si. The number of amides is 1. The fraction of sp³-hybridized carbons (Fsp3) is 0.455. The Morgan fingerprint density at radius 2 is 1.97 bits per heavy atom. The van der Waals surface area contributed by atoms with E-state index in [9.17, 15) is 4.79 Å². The van der Waals surface area contributed by atoms with Crippen molar-refractivity contribution in [3.05, 3.63) is 54.7 Å². The van der Waals surface area contributed by atoms with Crippen LogP contribution < -0.4 is 5.73 Å². The molecule has 0 aliphatic rings. The van der Waals surface area contributed by atoms with Crippen molar-refractivity contribution in [3.63, 3.8) is 0 Å². The number of carbonyl (C=O) groups is 1. The van der Waals surface area contributed by atoms with E-state index >= 15 is 0 Å². The third-order valence-corrected chi connectivity index (χ3v) is 10.6. The first kappa shape index (κ1) is 21.3. The number of primary amides is 1. The summed E-state index contributed by atoms with van der Waals surface area (Å²) in [6.07, 6.45) is 6.41. The molecule has 6 nitrogen and oxygen atoms in total. The lowest BCUT2D eigenvalue weighted by Crippen LogP contribution is -2.42. The van der Waals surface area contributed by atoms with Crippen LogP contribution in [0.5, 0.6) is 0 Å². The van der Waals surface area contributed by atoms with E-state index in [1.165, 1.54) is 10.9 Å². The van der Waals surface area contributed by atoms with Crippen molar-refractivity contribution < 1.29 is 9.22 Å². The maximum Gasteiger partial charge on any atom is 0.268 e. The summed E-state index contributed by atoms with van der Waals surface area (Å²) in [5, 5.41) is 1.38. The van der Waals surface area contributed by atoms with E-state index in [4.69, 9.17) is 10.2 Å². The molecule has 0 spiro atoms. The molecule has 0 saturated carbocycles. The number of rotatable bonds is 8. The SMILES string of the molecule is CC(C)(C)[Si](C)(C)OCC(CCn1ccc2ccccc21)n1cnc(C(N)=O)c1. The quantitative estimate of drug-likeness (QED) is 0.550. The highest BCUT2D eigenvalue weighted by Crippen LogP contribution is 2.37. The minimum atomic E-state index is -1.89. The molecule has 2 N–H and O–H groups in total. The number of aryl methyl sites for hydroxylation is 1. The van der Waals surface area contributed by atoms with E-state index < -0.39 is 14.2 Å². The van der Waals surface area contributed by atoms with Crippen molar-refractivity contribution in [1.29, 1.82) is 0 Å². The third-order valence-electron chi connectivity index (χ3n) is 6.10. The molecule has 0 saturated heterocycles. The predicted molar refractivity (Wildman–Crippen MR) is 119 cm³/mol. The fourth-order valence-corrected chi connectivity index (χ4v) is 4.17. The Bertz CT molecular complexity index is 984. The van der Waals surface area contributed by atoms with Crippen molar-refractivity contribution in [2.24, 2.45) is 5.73 Å². The van der Waals surface area contributed by atoms with Gasteiger partial charge in [-0.3, -0.25) is 4.79 Å².